The summed E-state index contributed by atoms with van der Waals surface area (Å²) in [7, 11) is 2.02. The Labute approximate surface area is 203 Å². The van der Waals surface area contributed by atoms with Gasteiger partial charge in [0.15, 0.2) is 0 Å². The minimum atomic E-state index is 0.814. The number of thiol groups is 1. The van der Waals surface area contributed by atoms with E-state index in [0.717, 1.165) is 36.4 Å². The lowest BCUT2D eigenvalue weighted by Crippen LogP contribution is -2.73. The van der Waals surface area contributed by atoms with Crippen LogP contribution in [-0.2, 0) is 30.5 Å². The van der Waals surface area contributed by atoms with Crippen LogP contribution >= 0.6 is 12.6 Å². The van der Waals surface area contributed by atoms with Crippen molar-refractivity contribution in [1.82, 2.24) is 0 Å². The summed E-state index contributed by atoms with van der Waals surface area (Å²) in [5, 5.41) is 2.54. The van der Waals surface area contributed by atoms with Gasteiger partial charge in [-0.1, -0.05) is 20.8 Å². The maximum atomic E-state index is 8.00. The first-order valence-electron chi connectivity index (χ1n) is 12.4. The summed E-state index contributed by atoms with van der Waals surface area (Å²) < 4.78 is 6.82. The fourth-order valence-electron chi connectivity index (χ4n) is 5.59. The lowest BCUT2D eigenvalue weighted by atomic mass is 9.87. The van der Waals surface area contributed by atoms with E-state index in [1.54, 1.807) is 0 Å². The van der Waals surface area contributed by atoms with Crippen LogP contribution in [0.1, 0.15) is 61.4 Å². The smallest absolute Gasteiger partial charge is 0.208 e. The van der Waals surface area contributed by atoms with Crippen LogP contribution in [0.3, 0.4) is 0 Å². The molecule has 0 saturated carbocycles. The zero-order valence-electron chi connectivity index (χ0n) is 20.9. The average Bonchev–Trinajstić information content (AvgIpc) is 2.87. The molecule has 0 spiro atoms. The molecule has 3 aliphatic heterocycles. The Morgan fingerprint density at radius 1 is 1.15 bits per heavy atom. The monoisotopic (exact) mass is 467 g/mol. The molecule has 0 radical (unpaired) electrons. The number of benzene rings is 2. The van der Waals surface area contributed by atoms with Gasteiger partial charge in [0.05, 0.1) is 5.56 Å². The first-order valence-corrected chi connectivity index (χ1v) is 13.0. The van der Waals surface area contributed by atoms with Crippen molar-refractivity contribution in [2.75, 3.05) is 30.8 Å². The number of nitrogens with zero attached hydrogens (tertiary/aromatic N) is 1. The highest BCUT2D eigenvalue weighted by atomic mass is 32.1. The van der Waals surface area contributed by atoms with Gasteiger partial charge in [0.25, 0.3) is 0 Å². The first kappa shape index (κ1) is 25.4. The van der Waals surface area contributed by atoms with Gasteiger partial charge in [-0.05, 0) is 74.5 Å². The molecule has 0 amide bonds. The molecule has 3 heterocycles. The fraction of sp³-hybridized carbons (Fsp3) is 0.500. The van der Waals surface area contributed by atoms with Crippen molar-refractivity contribution in [2.24, 2.45) is 0 Å². The van der Waals surface area contributed by atoms with Crippen LogP contribution in [0.2, 0.25) is 0 Å². The van der Waals surface area contributed by atoms with E-state index < -0.39 is 0 Å². The predicted octanol–water partition coefficient (Wildman–Crippen LogP) is 4.03. The van der Waals surface area contributed by atoms with Crippen LogP contribution in [0.5, 0.6) is 0 Å². The van der Waals surface area contributed by atoms with E-state index in [-0.39, 0.29) is 0 Å². The molecule has 0 fully saturated rings. The largest absolute Gasteiger partial charge is 0.455 e. The van der Waals surface area contributed by atoms with Crippen molar-refractivity contribution >= 4 is 36.1 Å². The Kier molecular flexibility index (Phi) is 8.63. The highest BCUT2D eigenvalue weighted by Gasteiger charge is 2.29. The molecule has 4 nitrogen and oxygen atoms in total. The van der Waals surface area contributed by atoms with Gasteiger partial charge in [0.2, 0.25) is 5.36 Å². The molecule has 5 rings (SSSR count). The molecule has 0 aromatic heterocycles. The Hall–Kier alpha value is -2.27. The third-order valence-corrected chi connectivity index (χ3v) is 7.16. The van der Waals surface area contributed by atoms with Gasteiger partial charge in [-0.15, -0.1) is 0 Å². The summed E-state index contributed by atoms with van der Waals surface area (Å²) in [6.45, 7) is 12.9. The van der Waals surface area contributed by atoms with Gasteiger partial charge >= 0.3 is 0 Å². The third kappa shape index (κ3) is 4.32. The van der Waals surface area contributed by atoms with Gasteiger partial charge in [-0.2, -0.15) is 12.6 Å². The molecule has 1 aromatic rings. The van der Waals surface area contributed by atoms with E-state index >= 15 is 0 Å². The summed E-state index contributed by atoms with van der Waals surface area (Å²) in [5.74, 6) is 1.86. The number of anilines is 1. The van der Waals surface area contributed by atoms with Gasteiger partial charge < -0.3 is 14.1 Å². The molecule has 0 bridgehead atoms. The number of nitrogens with one attached hydrogen (secondary N) is 1. The second-order valence-electron chi connectivity index (χ2n) is 8.50. The Balaban J connectivity index is 0.000000728. The van der Waals surface area contributed by atoms with Crippen LogP contribution in [0.25, 0.3) is 22.3 Å². The molecule has 4 aliphatic rings. The van der Waals surface area contributed by atoms with E-state index in [9.17, 15) is 0 Å². The number of fused-ring (bicyclic) bond motifs is 3. The summed E-state index contributed by atoms with van der Waals surface area (Å²) in [4.78, 5) is 14.1. The zero-order valence-corrected chi connectivity index (χ0v) is 21.8. The highest BCUT2D eigenvalue weighted by Crippen LogP contribution is 2.44. The molecule has 1 aromatic carbocycles. The minimum absolute atomic E-state index is 0.814. The molecular formula is C28H39N2O2S+. The van der Waals surface area contributed by atoms with E-state index in [1.807, 2.05) is 27.7 Å². The summed E-state index contributed by atoms with van der Waals surface area (Å²) in [5.41, 5.74) is 10.8. The number of rotatable bonds is 3. The molecular weight excluding hydrogens is 428 g/mol. The van der Waals surface area contributed by atoms with Crippen molar-refractivity contribution < 1.29 is 14.2 Å². The maximum absolute atomic E-state index is 8.00. The van der Waals surface area contributed by atoms with Gasteiger partial charge in [-0.25, -0.2) is 4.99 Å². The van der Waals surface area contributed by atoms with E-state index in [2.05, 4.69) is 48.5 Å². The predicted molar refractivity (Wildman–Crippen MR) is 142 cm³/mol. The fourth-order valence-corrected chi connectivity index (χ4v) is 5.81. The van der Waals surface area contributed by atoms with Gasteiger partial charge in [0.1, 0.15) is 25.2 Å². The Morgan fingerprint density at radius 3 is 2.48 bits per heavy atom. The van der Waals surface area contributed by atoms with Crippen LogP contribution in [0.15, 0.2) is 16.5 Å². The molecule has 1 aliphatic carbocycles. The van der Waals surface area contributed by atoms with Crippen molar-refractivity contribution in [3.63, 3.8) is 0 Å². The number of carbonyl (C=O) groups is 1. The van der Waals surface area contributed by atoms with Crippen LogP contribution < -0.4 is 15.2 Å². The molecule has 33 heavy (non-hydrogen) atoms. The second-order valence-corrected chi connectivity index (χ2v) is 8.95. The minimum Gasteiger partial charge on any atom is -0.455 e. The topological polar surface area (TPSA) is 47.4 Å². The van der Waals surface area contributed by atoms with Crippen molar-refractivity contribution in [2.45, 2.75) is 66.2 Å². The molecule has 5 heteroatoms. The second kappa shape index (κ2) is 11.2. The highest BCUT2D eigenvalue weighted by molar-refractivity contribution is 7.80. The number of hydrogen-bond donors (Lipinski definition) is 2. The summed E-state index contributed by atoms with van der Waals surface area (Å²) in [6, 6.07) is 4.78. The molecule has 178 valence electrons. The van der Waals surface area contributed by atoms with Gasteiger partial charge in [-0.3, -0.25) is 0 Å². The third-order valence-electron chi connectivity index (χ3n) is 6.94. The molecule has 0 unspecified atom stereocenters. The summed E-state index contributed by atoms with van der Waals surface area (Å²) >= 11 is 4.56. The number of aryl methyl sites for hydroxylation is 4. The quantitative estimate of drug-likeness (QED) is 0.452. The van der Waals surface area contributed by atoms with E-state index in [4.69, 9.17) is 9.21 Å². The molecule has 0 saturated heterocycles. The van der Waals surface area contributed by atoms with Crippen LogP contribution in [0.4, 0.5) is 5.69 Å². The van der Waals surface area contributed by atoms with Gasteiger partial charge in [0, 0.05) is 40.9 Å². The van der Waals surface area contributed by atoms with Crippen molar-refractivity contribution in [3.05, 3.63) is 45.3 Å². The van der Waals surface area contributed by atoms with Crippen LogP contribution in [-0.4, -0.2) is 32.7 Å². The molecule has 1 N–H and O–H groups in total. The number of hydrogen-bond acceptors (Lipinski definition) is 4. The maximum Gasteiger partial charge on any atom is 0.208 e. The van der Waals surface area contributed by atoms with Crippen molar-refractivity contribution in [3.8, 4) is 11.3 Å². The lowest BCUT2D eigenvalue weighted by molar-refractivity contribution is -0.466. The van der Waals surface area contributed by atoms with Crippen molar-refractivity contribution in [1.29, 1.82) is 0 Å². The Bertz CT molecular complexity index is 1160. The van der Waals surface area contributed by atoms with Crippen LogP contribution in [0, 0.1) is 6.92 Å². The lowest BCUT2D eigenvalue weighted by Gasteiger charge is -2.37. The van der Waals surface area contributed by atoms with E-state index in [0.29, 0.717) is 0 Å². The zero-order chi connectivity index (χ0) is 24.1. The standard InChI is InChI=1S/C25H30N2OS.C2H6.CH2O/c1-4-16-13-20-15(2)21-14-17-7-5-10-27-11-6-8-19(23(17)27)25(21)28-24(20)18(9-12-29)22(16)26-3;2*1-2/h13-14,29H,4-12H2,1-3H3;1-2H3;1H2/p+1. The SMILES string of the molecule is C=O.CC.CCc1cc2c(C)c3cc4c5c(c3oc-2c(CCS)c1=[NH+]C)CCCN5CCC4. The first-order chi connectivity index (χ1) is 16.2. The summed E-state index contributed by atoms with van der Waals surface area (Å²) in [6.07, 6.45) is 6.71. The normalized spacial score (nSPS) is 15.0. The number of carbonyl (C=O) groups excluding carboxylic acids is 1. The average molecular weight is 468 g/mol. The molecule has 0 atom stereocenters. The Morgan fingerprint density at radius 2 is 1.85 bits per heavy atom. The van der Waals surface area contributed by atoms with E-state index in [1.165, 1.54) is 82.2 Å².